The fraction of sp³-hybridized carbons (Fsp3) is 0.429. The standard InChI is InChI=1S/C14H16O3/c1-2-17-14(16)12-7-5-11(6-8-12)13(15)9-10-3-4-10/h3,5,7H,2,4,6,8-9H2,1H3. The third-order valence-electron chi connectivity index (χ3n) is 2.93. The Morgan fingerprint density at radius 3 is 2.41 bits per heavy atom. The van der Waals surface area contributed by atoms with Crippen molar-refractivity contribution in [2.24, 2.45) is 0 Å². The Labute approximate surface area is 101 Å². The molecule has 2 aliphatic rings. The van der Waals surface area contributed by atoms with E-state index in [0.717, 1.165) is 12.0 Å². The number of carbonyl (C=O) groups is 2. The first-order chi connectivity index (χ1) is 8.20. The lowest BCUT2D eigenvalue weighted by Gasteiger charge is -2.12. The Balaban J connectivity index is 1.96. The highest BCUT2D eigenvalue weighted by atomic mass is 16.5. The zero-order valence-electron chi connectivity index (χ0n) is 9.99. The molecule has 0 atom stereocenters. The van der Waals surface area contributed by atoms with Crippen LogP contribution in [0.2, 0.25) is 0 Å². The number of ketones is 1. The topological polar surface area (TPSA) is 43.4 Å². The van der Waals surface area contributed by atoms with Gasteiger partial charge in [-0.3, -0.25) is 4.79 Å². The van der Waals surface area contributed by atoms with Crippen LogP contribution in [0.4, 0.5) is 0 Å². The fourth-order valence-corrected chi connectivity index (χ4v) is 1.80. The lowest BCUT2D eigenvalue weighted by molar-refractivity contribution is -0.138. The van der Waals surface area contributed by atoms with Crippen molar-refractivity contribution >= 4 is 11.8 Å². The molecule has 0 unspecified atom stereocenters. The van der Waals surface area contributed by atoms with E-state index in [1.54, 1.807) is 19.1 Å². The van der Waals surface area contributed by atoms with Crippen LogP contribution in [0.1, 0.15) is 32.6 Å². The quantitative estimate of drug-likeness (QED) is 0.540. The number of esters is 1. The highest BCUT2D eigenvalue weighted by molar-refractivity contribution is 5.99. The molecular weight excluding hydrogens is 216 g/mol. The van der Waals surface area contributed by atoms with Crippen molar-refractivity contribution < 1.29 is 14.3 Å². The number of hydrogen-bond donors (Lipinski definition) is 0. The number of allylic oxidation sites excluding steroid dienone is 5. The summed E-state index contributed by atoms with van der Waals surface area (Å²) in [6, 6.07) is 0. The van der Waals surface area contributed by atoms with Crippen LogP contribution in [-0.2, 0) is 14.3 Å². The molecule has 0 aliphatic heterocycles. The average molecular weight is 232 g/mol. The first-order valence-electron chi connectivity index (χ1n) is 5.98. The summed E-state index contributed by atoms with van der Waals surface area (Å²) >= 11 is 0. The van der Waals surface area contributed by atoms with Gasteiger partial charge in [0.2, 0.25) is 0 Å². The largest absolute Gasteiger partial charge is 0.463 e. The van der Waals surface area contributed by atoms with Gasteiger partial charge in [-0.15, -0.1) is 0 Å². The SMILES string of the molecule is CCOC(=O)C1=CC=C(C(=O)CC2=CC2)CC1. The van der Waals surface area contributed by atoms with Gasteiger partial charge in [0, 0.05) is 12.0 Å². The predicted molar refractivity (Wildman–Crippen MR) is 64.4 cm³/mol. The van der Waals surface area contributed by atoms with E-state index >= 15 is 0 Å². The van der Waals surface area contributed by atoms with Crippen molar-refractivity contribution in [3.8, 4) is 0 Å². The van der Waals surface area contributed by atoms with Gasteiger partial charge in [-0.1, -0.05) is 23.8 Å². The molecule has 0 spiro atoms. The number of ether oxygens (including phenoxy) is 1. The summed E-state index contributed by atoms with van der Waals surface area (Å²) in [6.07, 6.45) is 8.35. The summed E-state index contributed by atoms with van der Waals surface area (Å²) in [5.74, 6) is -0.0759. The molecule has 0 amide bonds. The van der Waals surface area contributed by atoms with Crippen molar-refractivity contribution in [2.45, 2.75) is 32.6 Å². The van der Waals surface area contributed by atoms with Gasteiger partial charge in [-0.2, -0.15) is 0 Å². The first kappa shape index (κ1) is 11.8. The molecule has 90 valence electrons. The molecule has 0 saturated heterocycles. The summed E-state index contributed by atoms with van der Waals surface area (Å²) in [4.78, 5) is 23.2. The molecule has 0 N–H and O–H groups in total. The molecule has 0 aromatic heterocycles. The molecule has 0 bridgehead atoms. The lowest BCUT2D eigenvalue weighted by Crippen LogP contribution is -2.12. The molecule has 0 fully saturated rings. The van der Waals surface area contributed by atoms with Crippen LogP contribution in [0.25, 0.3) is 0 Å². The first-order valence-corrected chi connectivity index (χ1v) is 5.98. The van der Waals surface area contributed by atoms with Crippen LogP contribution < -0.4 is 0 Å². The fourth-order valence-electron chi connectivity index (χ4n) is 1.80. The van der Waals surface area contributed by atoms with Crippen molar-refractivity contribution in [1.29, 1.82) is 0 Å². The zero-order chi connectivity index (χ0) is 12.3. The minimum absolute atomic E-state index is 0.188. The monoisotopic (exact) mass is 232 g/mol. The molecular formula is C14H16O3. The van der Waals surface area contributed by atoms with E-state index in [9.17, 15) is 9.59 Å². The molecule has 0 heterocycles. The molecule has 0 radical (unpaired) electrons. The molecule has 2 aliphatic carbocycles. The van der Waals surface area contributed by atoms with Crippen LogP contribution >= 0.6 is 0 Å². The summed E-state index contributed by atoms with van der Waals surface area (Å²) in [7, 11) is 0. The summed E-state index contributed by atoms with van der Waals surface area (Å²) in [5.41, 5.74) is 2.72. The predicted octanol–water partition coefficient (Wildman–Crippen LogP) is 2.49. The zero-order valence-corrected chi connectivity index (χ0v) is 9.99. The Kier molecular flexibility index (Phi) is 3.57. The summed E-state index contributed by atoms with van der Waals surface area (Å²) < 4.78 is 4.92. The van der Waals surface area contributed by atoms with E-state index in [1.807, 2.05) is 0 Å². The summed E-state index contributed by atoms with van der Waals surface area (Å²) in [5, 5.41) is 0. The third kappa shape index (κ3) is 3.16. The molecule has 17 heavy (non-hydrogen) atoms. The van der Waals surface area contributed by atoms with Crippen LogP contribution in [0, 0.1) is 0 Å². The summed E-state index contributed by atoms with van der Waals surface area (Å²) in [6.45, 7) is 2.18. The highest BCUT2D eigenvalue weighted by Gasteiger charge is 2.20. The van der Waals surface area contributed by atoms with Gasteiger partial charge in [-0.25, -0.2) is 4.79 Å². The number of hydrogen-bond acceptors (Lipinski definition) is 3. The lowest BCUT2D eigenvalue weighted by atomic mass is 9.94. The Bertz CT molecular complexity index is 438. The van der Waals surface area contributed by atoms with Crippen LogP contribution in [0.3, 0.4) is 0 Å². The second-order valence-corrected chi connectivity index (χ2v) is 4.27. The molecule has 2 rings (SSSR count). The number of carbonyl (C=O) groups excluding carboxylic acids is 2. The number of Topliss-reactive ketones (excluding diaryl/α,β-unsaturated/α-hetero) is 1. The Morgan fingerprint density at radius 1 is 1.24 bits per heavy atom. The molecule has 3 nitrogen and oxygen atoms in total. The Hall–Kier alpha value is -1.64. The minimum Gasteiger partial charge on any atom is -0.463 e. The smallest absolute Gasteiger partial charge is 0.333 e. The van der Waals surface area contributed by atoms with Gasteiger partial charge in [0.25, 0.3) is 0 Å². The average Bonchev–Trinajstić information content (AvgIpc) is 3.13. The van der Waals surface area contributed by atoms with E-state index in [-0.39, 0.29) is 11.8 Å². The van der Waals surface area contributed by atoms with Crippen molar-refractivity contribution in [3.63, 3.8) is 0 Å². The van der Waals surface area contributed by atoms with Crippen molar-refractivity contribution in [3.05, 3.63) is 34.9 Å². The van der Waals surface area contributed by atoms with E-state index < -0.39 is 0 Å². The van der Waals surface area contributed by atoms with Gasteiger partial charge in [0.05, 0.1) is 6.61 Å². The Morgan fingerprint density at radius 2 is 1.88 bits per heavy atom. The van der Waals surface area contributed by atoms with E-state index in [1.165, 1.54) is 5.57 Å². The van der Waals surface area contributed by atoms with Gasteiger partial charge in [0.1, 0.15) is 0 Å². The van der Waals surface area contributed by atoms with Gasteiger partial charge >= 0.3 is 5.97 Å². The maximum Gasteiger partial charge on any atom is 0.333 e. The maximum absolute atomic E-state index is 11.8. The van der Waals surface area contributed by atoms with E-state index in [2.05, 4.69) is 6.08 Å². The highest BCUT2D eigenvalue weighted by Crippen LogP contribution is 2.27. The molecule has 0 aromatic rings. The van der Waals surface area contributed by atoms with Crippen molar-refractivity contribution in [2.75, 3.05) is 6.61 Å². The van der Waals surface area contributed by atoms with Gasteiger partial charge < -0.3 is 4.74 Å². The molecule has 0 aromatic carbocycles. The maximum atomic E-state index is 11.8. The second-order valence-electron chi connectivity index (χ2n) is 4.27. The third-order valence-corrected chi connectivity index (χ3v) is 2.93. The van der Waals surface area contributed by atoms with Crippen LogP contribution in [0.15, 0.2) is 34.9 Å². The molecule has 3 heteroatoms. The molecule has 0 saturated carbocycles. The van der Waals surface area contributed by atoms with Crippen LogP contribution in [-0.4, -0.2) is 18.4 Å². The van der Waals surface area contributed by atoms with Crippen LogP contribution in [0.5, 0.6) is 0 Å². The normalized spacial score (nSPS) is 17.8. The van der Waals surface area contributed by atoms with E-state index in [0.29, 0.717) is 31.4 Å². The van der Waals surface area contributed by atoms with Crippen molar-refractivity contribution in [1.82, 2.24) is 0 Å². The van der Waals surface area contributed by atoms with E-state index in [4.69, 9.17) is 4.74 Å². The number of rotatable bonds is 5. The second kappa shape index (κ2) is 5.13. The van der Waals surface area contributed by atoms with Gasteiger partial charge in [-0.05, 0) is 31.8 Å². The minimum atomic E-state index is -0.264. The van der Waals surface area contributed by atoms with Gasteiger partial charge in [0.15, 0.2) is 5.78 Å².